The zero-order valence-electron chi connectivity index (χ0n) is 10.0. The smallest absolute Gasteiger partial charge is 0.416 e. The van der Waals surface area contributed by atoms with Gasteiger partial charge in [-0.25, -0.2) is 4.39 Å². The summed E-state index contributed by atoms with van der Waals surface area (Å²) in [5.74, 6) is -1.52. The first-order valence-electron chi connectivity index (χ1n) is 5.61. The lowest BCUT2D eigenvalue weighted by atomic mass is 10.2. The summed E-state index contributed by atoms with van der Waals surface area (Å²) in [6, 6.07) is 9.84. The summed E-state index contributed by atoms with van der Waals surface area (Å²) in [6.07, 6.45) is -4.61. The van der Waals surface area contributed by atoms with E-state index >= 15 is 0 Å². The molecule has 0 heterocycles. The van der Waals surface area contributed by atoms with Crippen LogP contribution in [-0.2, 0) is 12.8 Å². The summed E-state index contributed by atoms with van der Waals surface area (Å²) in [7, 11) is 0. The molecule has 0 aromatic heterocycles. The Morgan fingerprint density at radius 2 is 1.70 bits per heavy atom. The molecule has 0 saturated heterocycles. The van der Waals surface area contributed by atoms with Crippen molar-refractivity contribution in [2.45, 2.75) is 12.8 Å². The second-order valence-electron chi connectivity index (χ2n) is 4.04. The minimum Gasteiger partial charge on any atom is -0.486 e. The molecule has 106 valence electrons. The fraction of sp³-hybridized carbons (Fsp3) is 0.143. The van der Waals surface area contributed by atoms with Gasteiger partial charge in [0.2, 0.25) is 0 Å². The van der Waals surface area contributed by atoms with Crippen LogP contribution in [0.25, 0.3) is 0 Å². The van der Waals surface area contributed by atoms with Crippen molar-refractivity contribution in [1.29, 1.82) is 0 Å². The standard InChI is InChI=1S/C14H9ClF4O/c15-11-6-10(14(17,18)19)7-12(13(11)16)20-8-9-4-2-1-3-5-9/h1-7H,8H2. The number of rotatable bonds is 3. The Labute approximate surface area is 117 Å². The summed E-state index contributed by atoms with van der Waals surface area (Å²) in [5.41, 5.74) is -0.340. The molecule has 0 bridgehead atoms. The summed E-state index contributed by atoms with van der Waals surface area (Å²) in [4.78, 5) is 0. The first kappa shape index (κ1) is 14.7. The predicted molar refractivity (Wildman–Crippen MR) is 67.2 cm³/mol. The van der Waals surface area contributed by atoms with E-state index in [4.69, 9.17) is 16.3 Å². The summed E-state index contributed by atoms with van der Waals surface area (Å²) >= 11 is 5.45. The van der Waals surface area contributed by atoms with Crippen molar-refractivity contribution >= 4 is 11.6 Å². The second kappa shape index (κ2) is 5.71. The van der Waals surface area contributed by atoms with Crippen molar-refractivity contribution in [3.63, 3.8) is 0 Å². The van der Waals surface area contributed by atoms with Gasteiger partial charge in [-0.2, -0.15) is 13.2 Å². The average molecular weight is 305 g/mol. The molecule has 2 aromatic carbocycles. The highest BCUT2D eigenvalue weighted by Gasteiger charge is 2.32. The number of hydrogen-bond acceptors (Lipinski definition) is 1. The van der Waals surface area contributed by atoms with Gasteiger partial charge >= 0.3 is 6.18 Å². The third-order valence-electron chi connectivity index (χ3n) is 2.56. The van der Waals surface area contributed by atoms with Crippen LogP contribution in [-0.4, -0.2) is 0 Å². The van der Waals surface area contributed by atoms with Crippen molar-refractivity contribution in [3.05, 3.63) is 64.4 Å². The number of benzene rings is 2. The summed E-state index contributed by atoms with van der Waals surface area (Å²) in [6.45, 7) is -0.0462. The average Bonchev–Trinajstić information content (AvgIpc) is 2.40. The highest BCUT2D eigenvalue weighted by Crippen LogP contribution is 2.36. The molecule has 0 N–H and O–H groups in total. The largest absolute Gasteiger partial charge is 0.486 e. The highest BCUT2D eigenvalue weighted by atomic mass is 35.5. The molecule has 0 radical (unpaired) electrons. The molecule has 1 nitrogen and oxygen atoms in total. The van der Waals surface area contributed by atoms with Gasteiger partial charge in [0.1, 0.15) is 6.61 Å². The maximum atomic E-state index is 13.6. The molecule has 0 unspecified atom stereocenters. The molecule has 0 aliphatic carbocycles. The van der Waals surface area contributed by atoms with Gasteiger partial charge in [-0.1, -0.05) is 41.9 Å². The Hall–Kier alpha value is -1.75. The fourth-order valence-corrected chi connectivity index (χ4v) is 1.78. The monoisotopic (exact) mass is 304 g/mol. The molecule has 0 spiro atoms. The van der Waals surface area contributed by atoms with E-state index < -0.39 is 28.3 Å². The van der Waals surface area contributed by atoms with Crippen LogP contribution >= 0.6 is 11.6 Å². The quantitative estimate of drug-likeness (QED) is 0.719. The number of halogens is 5. The van der Waals surface area contributed by atoms with E-state index in [1.807, 2.05) is 0 Å². The van der Waals surface area contributed by atoms with Crippen molar-refractivity contribution in [1.82, 2.24) is 0 Å². The normalized spacial score (nSPS) is 11.4. The molecule has 6 heteroatoms. The Balaban J connectivity index is 2.25. The van der Waals surface area contributed by atoms with Gasteiger partial charge in [0.05, 0.1) is 10.6 Å². The van der Waals surface area contributed by atoms with Crippen molar-refractivity contribution in [2.24, 2.45) is 0 Å². The first-order valence-corrected chi connectivity index (χ1v) is 5.98. The summed E-state index contributed by atoms with van der Waals surface area (Å²) < 4.78 is 56.5. The van der Waals surface area contributed by atoms with E-state index in [1.165, 1.54) is 0 Å². The van der Waals surface area contributed by atoms with Gasteiger partial charge in [-0.15, -0.1) is 0 Å². The van der Waals surface area contributed by atoms with Crippen LogP contribution in [0.2, 0.25) is 5.02 Å². The molecule has 0 saturated carbocycles. The van der Waals surface area contributed by atoms with Crippen LogP contribution in [0.15, 0.2) is 42.5 Å². The van der Waals surface area contributed by atoms with Gasteiger partial charge in [0, 0.05) is 0 Å². The van der Waals surface area contributed by atoms with E-state index in [9.17, 15) is 17.6 Å². The van der Waals surface area contributed by atoms with E-state index in [1.54, 1.807) is 30.3 Å². The van der Waals surface area contributed by atoms with Crippen LogP contribution in [0.3, 0.4) is 0 Å². The van der Waals surface area contributed by atoms with E-state index in [2.05, 4.69) is 0 Å². The lowest BCUT2D eigenvalue weighted by molar-refractivity contribution is -0.137. The Morgan fingerprint density at radius 3 is 2.30 bits per heavy atom. The summed E-state index contributed by atoms with van der Waals surface area (Å²) in [5, 5.41) is -0.622. The van der Waals surface area contributed by atoms with E-state index in [-0.39, 0.29) is 6.61 Å². The molecular weight excluding hydrogens is 296 g/mol. The molecule has 0 atom stereocenters. The first-order chi connectivity index (χ1) is 9.38. The minimum absolute atomic E-state index is 0.0462. The molecule has 0 aliphatic heterocycles. The van der Waals surface area contributed by atoms with E-state index in [0.29, 0.717) is 17.7 Å². The topological polar surface area (TPSA) is 9.23 Å². The molecule has 0 amide bonds. The molecule has 2 aromatic rings. The Kier molecular flexibility index (Phi) is 4.18. The second-order valence-corrected chi connectivity index (χ2v) is 4.45. The minimum atomic E-state index is -4.61. The van der Waals surface area contributed by atoms with Crippen LogP contribution in [0.4, 0.5) is 17.6 Å². The third-order valence-corrected chi connectivity index (χ3v) is 2.83. The maximum Gasteiger partial charge on any atom is 0.416 e. The van der Waals surface area contributed by atoms with Gasteiger partial charge in [0.25, 0.3) is 0 Å². The molecule has 2 rings (SSSR count). The molecule has 0 aliphatic rings. The van der Waals surface area contributed by atoms with Gasteiger partial charge in [0.15, 0.2) is 11.6 Å². The van der Waals surface area contributed by atoms with Crippen LogP contribution in [0.5, 0.6) is 5.75 Å². The molecular formula is C14H9ClF4O. The van der Waals surface area contributed by atoms with E-state index in [0.717, 1.165) is 0 Å². The number of hydrogen-bond donors (Lipinski definition) is 0. The Morgan fingerprint density at radius 1 is 1.05 bits per heavy atom. The molecule has 0 fully saturated rings. The highest BCUT2D eigenvalue weighted by molar-refractivity contribution is 6.31. The van der Waals surface area contributed by atoms with Crippen molar-refractivity contribution in [2.75, 3.05) is 0 Å². The zero-order chi connectivity index (χ0) is 14.8. The number of alkyl halides is 3. The van der Waals surface area contributed by atoms with Crippen LogP contribution in [0.1, 0.15) is 11.1 Å². The fourth-order valence-electron chi connectivity index (χ4n) is 1.57. The van der Waals surface area contributed by atoms with Crippen molar-refractivity contribution in [3.8, 4) is 5.75 Å². The van der Waals surface area contributed by atoms with Gasteiger partial charge in [-0.3, -0.25) is 0 Å². The van der Waals surface area contributed by atoms with Gasteiger partial charge in [-0.05, 0) is 17.7 Å². The Bertz CT molecular complexity index is 596. The zero-order valence-corrected chi connectivity index (χ0v) is 10.8. The number of ether oxygens (including phenoxy) is 1. The van der Waals surface area contributed by atoms with Gasteiger partial charge < -0.3 is 4.74 Å². The SMILES string of the molecule is Fc1c(Cl)cc(C(F)(F)F)cc1OCc1ccccc1. The lowest BCUT2D eigenvalue weighted by Crippen LogP contribution is -2.07. The van der Waals surface area contributed by atoms with Crippen molar-refractivity contribution < 1.29 is 22.3 Å². The maximum absolute atomic E-state index is 13.6. The van der Waals surface area contributed by atoms with Crippen LogP contribution < -0.4 is 4.74 Å². The van der Waals surface area contributed by atoms with Crippen LogP contribution in [0, 0.1) is 5.82 Å². The molecule has 20 heavy (non-hydrogen) atoms. The predicted octanol–water partition coefficient (Wildman–Crippen LogP) is 5.08. The lowest BCUT2D eigenvalue weighted by Gasteiger charge is -2.12. The third kappa shape index (κ3) is 3.42.